The monoisotopic (exact) mass is 246 g/mol. The summed E-state index contributed by atoms with van der Waals surface area (Å²) in [5.74, 6) is 0. The Morgan fingerprint density at radius 3 is 1.50 bits per heavy atom. The van der Waals surface area contributed by atoms with Gasteiger partial charge in [0.2, 0.25) is 0 Å². The van der Waals surface area contributed by atoms with Gasteiger partial charge >= 0.3 is 23.1 Å². The minimum Gasteiger partial charge on any atom is -1.00 e. The number of hydrogen-bond donors (Lipinski definition) is 0. The molecule has 0 aliphatic carbocycles. The molecule has 0 N–H and O–H groups in total. The van der Waals surface area contributed by atoms with Gasteiger partial charge in [0.1, 0.15) is 0 Å². The van der Waals surface area contributed by atoms with Crippen molar-refractivity contribution in [1.29, 1.82) is 0 Å². The first-order chi connectivity index (χ1) is 1.73. The van der Waals surface area contributed by atoms with Crippen molar-refractivity contribution in [3.8, 4) is 0 Å². The van der Waals surface area contributed by atoms with Crippen LogP contribution in [0.5, 0.6) is 0 Å². The van der Waals surface area contributed by atoms with Crippen LogP contribution in [-0.4, -0.2) is 28.1 Å². The van der Waals surface area contributed by atoms with Crippen molar-refractivity contribution in [2.24, 2.45) is 0 Å². The summed E-state index contributed by atoms with van der Waals surface area (Å²) in [6.07, 6.45) is 0. The van der Waals surface area contributed by atoms with Crippen molar-refractivity contribution >= 4 is 23.1 Å². The smallest absolute Gasteiger partial charge is 1.00 e. The molecular weight excluding hydrogens is 244 g/mol. The molecule has 0 unspecified atom stereocenters. The number of hydrogen-bond acceptors (Lipinski definition) is 3. The minimum atomic E-state index is -1.75. The molecule has 0 saturated carbocycles. The van der Waals surface area contributed by atoms with Gasteiger partial charge in [-0.3, -0.25) is 0 Å². The Morgan fingerprint density at radius 1 is 1.50 bits per heavy atom. The van der Waals surface area contributed by atoms with Crippen molar-refractivity contribution in [1.82, 2.24) is 0 Å². The van der Waals surface area contributed by atoms with Crippen LogP contribution in [0.3, 0.4) is 0 Å². The zero-order chi connectivity index (χ0) is 3.58. The fourth-order valence-corrected chi connectivity index (χ4v) is 0. The maximum absolute atomic E-state index is 8.25. The summed E-state index contributed by atoms with van der Waals surface area (Å²) >= 11 is 0. The van der Waals surface area contributed by atoms with Crippen molar-refractivity contribution in [2.45, 2.75) is 0 Å². The van der Waals surface area contributed by atoms with Gasteiger partial charge in [-0.25, -0.2) is 0 Å². The molecule has 4 nitrogen and oxygen atoms in total. The molecule has 36 valence electrons. The molecule has 0 aliphatic rings. The summed E-state index contributed by atoms with van der Waals surface area (Å²) in [6.45, 7) is 0. The third-order valence-corrected chi connectivity index (χ3v) is 0. The molecule has 0 bridgehead atoms. The SMILES string of the molecule is O=[N+]([O-])[O-].[Gd].[H-].[H-].[Mg+2]. The fraction of sp³-hybridized carbons (Fsp3) is 0. The van der Waals surface area contributed by atoms with Crippen LogP contribution >= 0.6 is 0 Å². The van der Waals surface area contributed by atoms with Gasteiger partial charge < -0.3 is 18.2 Å². The molecule has 6 heavy (non-hydrogen) atoms. The van der Waals surface area contributed by atoms with E-state index in [2.05, 4.69) is 0 Å². The molecular formula is H2GdMgNO3-. The Bertz CT molecular complexity index is 40.3. The van der Waals surface area contributed by atoms with E-state index in [0.29, 0.717) is 0 Å². The molecule has 0 atom stereocenters. The van der Waals surface area contributed by atoms with E-state index in [1.807, 2.05) is 0 Å². The van der Waals surface area contributed by atoms with Crippen LogP contribution in [0.4, 0.5) is 0 Å². The van der Waals surface area contributed by atoms with E-state index in [0.717, 1.165) is 0 Å². The van der Waals surface area contributed by atoms with E-state index in [1.54, 1.807) is 0 Å². The molecule has 0 aromatic heterocycles. The summed E-state index contributed by atoms with van der Waals surface area (Å²) in [5.41, 5.74) is 0. The zero-order valence-electron chi connectivity index (χ0n) is 4.73. The van der Waals surface area contributed by atoms with E-state index in [9.17, 15) is 0 Å². The Morgan fingerprint density at radius 2 is 1.50 bits per heavy atom. The average molecular weight is 246 g/mol. The van der Waals surface area contributed by atoms with Crippen LogP contribution in [0.2, 0.25) is 0 Å². The molecule has 0 amide bonds. The fourth-order valence-electron chi connectivity index (χ4n) is 0. The molecule has 0 saturated heterocycles. The van der Waals surface area contributed by atoms with Crippen LogP contribution in [0.1, 0.15) is 2.85 Å². The number of nitrogens with zero attached hydrogens (tertiary/aromatic N) is 1. The second-order valence-electron chi connectivity index (χ2n) is 0.224. The molecule has 0 aliphatic heterocycles. The van der Waals surface area contributed by atoms with Gasteiger partial charge in [0.15, 0.2) is 0 Å². The molecule has 0 spiro atoms. The summed E-state index contributed by atoms with van der Waals surface area (Å²) in [4.78, 5) is 8.25. The maximum atomic E-state index is 8.25. The van der Waals surface area contributed by atoms with Crippen molar-refractivity contribution < 1.29 is 47.9 Å². The molecule has 0 radical (unpaired) electrons. The summed E-state index contributed by atoms with van der Waals surface area (Å²) < 4.78 is 0. The third kappa shape index (κ3) is 58.5. The summed E-state index contributed by atoms with van der Waals surface area (Å²) in [6, 6.07) is 0. The maximum Gasteiger partial charge on any atom is 2.00 e. The van der Waals surface area contributed by atoms with Crippen LogP contribution in [0.25, 0.3) is 0 Å². The molecule has 0 aromatic carbocycles. The topological polar surface area (TPSA) is 66.2 Å². The van der Waals surface area contributed by atoms with Crippen molar-refractivity contribution in [3.05, 3.63) is 15.3 Å². The Labute approximate surface area is 85.2 Å². The van der Waals surface area contributed by atoms with Crippen molar-refractivity contribution in [2.75, 3.05) is 0 Å². The molecule has 0 rings (SSSR count). The number of rotatable bonds is 0. The Balaban J connectivity index is -0.00000000750. The molecule has 0 heterocycles. The molecule has 0 aromatic rings. The first-order valence-corrected chi connectivity index (χ1v) is 0.548. The van der Waals surface area contributed by atoms with Crippen LogP contribution in [-0.2, 0) is 0 Å². The minimum absolute atomic E-state index is 0. The Hall–Kier alpha value is 1.29. The Kier molecular flexibility index (Phi) is 25.0. The van der Waals surface area contributed by atoms with Gasteiger partial charge in [-0.2, -0.15) is 0 Å². The van der Waals surface area contributed by atoms with Gasteiger partial charge in [-0.05, 0) is 0 Å². The van der Waals surface area contributed by atoms with Gasteiger partial charge in [0.05, 0.1) is 5.09 Å². The second-order valence-corrected chi connectivity index (χ2v) is 0.224. The zero-order valence-corrected chi connectivity index (χ0v) is 6.42. The van der Waals surface area contributed by atoms with E-state index < -0.39 is 5.09 Å². The first kappa shape index (κ1) is 15.7. The molecule has 0 fully saturated rings. The van der Waals surface area contributed by atoms with Gasteiger partial charge in [0, 0.05) is 39.9 Å². The van der Waals surface area contributed by atoms with E-state index >= 15 is 0 Å². The van der Waals surface area contributed by atoms with E-state index in [-0.39, 0.29) is 65.8 Å². The standard InChI is InChI=1S/Gd.Mg.NO3.2H/c;;2-1(3)4;;/q;+2;3*-1. The quantitative estimate of drug-likeness (QED) is 0.331. The van der Waals surface area contributed by atoms with E-state index in [1.165, 1.54) is 0 Å². The van der Waals surface area contributed by atoms with Crippen LogP contribution in [0, 0.1) is 55.3 Å². The second kappa shape index (κ2) is 9.56. The van der Waals surface area contributed by atoms with Gasteiger partial charge in [-0.1, -0.05) is 0 Å². The van der Waals surface area contributed by atoms with Crippen LogP contribution in [0.15, 0.2) is 0 Å². The largest absolute Gasteiger partial charge is 2.00 e. The van der Waals surface area contributed by atoms with Gasteiger partial charge in [-0.15, -0.1) is 0 Å². The predicted octanol–water partition coefficient (Wildman–Crippen LogP) is -0.395. The van der Waals surface area contributed by atoms with Gasteiger partial charge in [0.25, 0.3) is 0 Å². The van der Waals surface area contributed by atoms with E-state index in [4.69, 9.17) is 15.3 Å². The predicted molar refractivity (Wildman–Crippen MR) is 18.3 cm³/mol. The normalized spacial score (nSPS) is 4.00. The van der Waals surface area contributed by atoms with Crippen molar-refractivity contribution in [3.63, 3.8) is 0 Å². The average Bonchev–Trinajstić information content (AvgIpc) is 0.811. The first-order valence-electron chi connectivity index (χ1n) is 0.548. The van der Waals surface area contributed by atoms with Crippen LogP contribution < -0.4 is 0 Å². The third-order valence-electron chi connectivity index (χ3n) is 0. The molecule has 6 heteroatoms. The summed E-state index contributed by atoms with van der Waals surface area (Å²) in [7, 11) is 0. The summed E-state index contributed by atoms with van der Waals surface area (Å²) in [5, 5.41) is 14.8.